The number of aliphatic imine (C=N–C) groups is 1. The normalized spacial score (nSPS) is 32.1. The maximum absolute atomic E-state index is 5.81. The van der Waals surface area contributed by atoms with Crippen LogP contribution in [0.2, 0.25) is 0 Å². The summed E-state index contributed by atoms with van der Waals surface area (Å²) in [5, 5.41) is 0. The summed E-state index contributed by atoms with van der Waals surface area (Å²) in [6.45, 7) is 4.28. The van der Waals surface area contributed by atoms with E-state index in [0.717, 1.165) is 19.3 Å². The van der Waals surface area contributed by atoms with Crippen LogP contribution in [-0.2, 0) is 0 Å². The van der Waals surface area contributed by atoms with Gasteiger partial charge in [-0.25, -0.2) is 0 Å². The molecular formula is C10H20N2. The topological polar surface area (TPSA) is 38.4 Å². The summed E-state index contributed by atoms with van der Waals surface area (Å²) in [5.74, 6) is 0. The predicted molar refractivity (Wildman–Crippen MR) is 53.6 cm³/mol. The van der Waals surface area contributed by atoms with Gasteiger partial charge in [0.25, 0.3) is 0 Å². The van der Waals surface area contributed by atoms with Crippen molar-refractivity contribution < 1.29 is 0 Å². The molecule has 0 spiro atoms. The molecule has 0 atom stereocenters. The minimum absolute atomic E-state index is 0.443. The van der Waals surface area contributed by atoms with Crippen LogP contribution in [0.15, 0.2) is 4.99 Å². The van der Waals surface area contributed by atoms with Crippen LogP contribution in [0.25, 0.3) is 0 Å². The van der Waals surface area contributed by atoms with Crippen molar-refractivity contribution in [2.45, 2.75) is 58.0 Å². The van der Waals surface area contributed by atoms with Gasteiger partial charge >= 0.3 is 0 Å². The number of hydrogen-bond acceptors (Lipinski definition) is 2. The maximum atomic E-state index is 5.81. The third-order valence-electron chi connectivity index (χ3n) is 2.66. The van der Waals surface area contributed by atoms with Crippen molar-refractivity contribution in [1.29, 1.82) is 0 Å². The highest BCUT2D eigenvalue weighted by Gasteiger charge is 2.17. The molecule has 2 N–H and O–H groups in total. The second-order valence-electron chi connectivity index (χ2n) is 3.79. The number of rotatable bonds is 2. The first kappa shape index (κ1) is 9.72. The molecule has 0 unspecified atom stereocenters. The van der Waals surface area contributed by atoms with Crippen LogP contribution >= 0.6 is 0 Å². The summed E-state index contributed by atoms with van der Waals surface area (Å²) < 4.78 is 0. The average molecular weight is 168 g/mol. The van der Waals surface area contributed by atoms with E-state index in [2.05, 4.69) is 18.8 Å². The first-order valence-electron chi connectivity index (χ1n) is 5.01. The van der Waals surface area contributed by atoms with Crippen LogP contribution in [0.1, 0.15) is 46.0 Å². The first-order valence-corrected chi connectivity index (χ1v) is 5.01. The molecule has 2 heteroatoms. The van der Waals surface area contributed by atoms with Gasteiger partial charge in [0.1, 0.15) is 0 Å². The van der Waals surface area contributed by atoms with E-state index in [-0.39, 0.29) is 0 Å². The molecule has 0 aliphatic heterocycles. The monoisotopic (exact) mass is 168 g/mol. The van der Waals surface area contributed by atoms with Crippen LogP contribution in [0.4, 0.5) is 0 Å². The summed E-state index contributed by atoms with van der Waals surface area (Å²) in [4.78, 5) is 4.65. The van der Waals surface area contributed by atoms with Crippen LogP contribution in [0.3, 0.4) is 0 Å². The average Bonchev–Trinajstić information content (AvgIpc) is 2.09. The van der Waals surface area contributed by atoms with Gasteiger partial charge in [0, 0.05) is 17.8 Å². The Hall–Kier alpha value is -0.370. The minimum atomic E-state index is 0.443. The van der Waals surface area contributed by atoms with Gasteiger partial charge in [-0.3, -0.25) is 4.99 Å². The van der Waals surface area contributed by atoms with Crippen LogP contribution in [0, 0.1) is 0 Å². The molecule has 0 radical (unpaired) electrons. The second kappa shape index (κ2) is 4.61. The molecule has 0 aromatic heterocycles. The Morgan fingerprint density at radius 3 is 2.42 bits per heavy atom. The molecule has 0 aromatic rings. The third-order valence-corrected chi connectivity index (χ3v) is 2.66. The minimum Gasteiger partial charge on any atom is -0.328 e. The fraction of sp³-hybridized carbons (Fsp3) is 0.900. The second-order valence-corrected chi connectivity index (χ2v) is 3.79. The van der Waals surface area contributed by atoms with Crippen LogP contribution < -0.4 is 5.73 Å². The van der Waals surface area contributed by atoms with Gasteiger partial charge in [0.15, 0.2) is 0 Å². The predicted octanol–water partition coefficient (Wildman–Crippen LogP) is 2.13. The quantitative estimate of drug-likeness (QED) is 0.630. The van der Waals surface area contributed by atoms with E-state index in [1.807, 2.05) is 0 Å². The van der Waals surface area contributed by atoms with E-state index < -0.39 is 0 Å². The van der Waals surface area contributed by atoms with Gasteiger partial charge < -0.3 is 5.73 Å². The molecule has 12 heavy (non-hydrogen) atoms. The fourth-order valence-corrected chi connectivity index (χ4v) is 1.63. The zero-order valence-electron chi connectivity index (χ0n) is 8.21. The zero-order chi connectivity index (χ0) is 8.97. The van der Waals surface area contributed by atoms with Gasteiger partial charge in [-0.15, -0.1) is 0 Å². The highest BCUT2D eigenvalue weighted by atomic mass is 14.8. The molecule has 2 nitrogen and oxygen atoms in total. The summed E-state index contributed by atoms with van der Waals surface area (Å²) in [5.41, 5.74) is 7.10. The van der Waals surface area contributed by atoms with Crippen molar-refractivity contribution in [2.75, 3.05) is 0 Å². The summed E-state index contributed by atoms with van der Waals surface area (Å²) >= 11 is 0. The third kappa shape index (κ3) is 2.94. The molecule has 1 fully saturated rings. The first-order chi connectivity index (χ1) is 5.72. The Balaban J connectivity index is 2.35. The summed E-state index contributed by atoms with van der Waals surface area (Å²) in [6.07, 6.45) is 5.79. The molecule has 0 saturated heterocycles. The molecule has 70 valence electrons. The van der Waals surface area contributed by atoms with Crippen LogP contribution in [-0.4, -0.2) is 17.8 Å². The lowest BCUT2D eigenvalue weighted by molar-refractivity contribution is 0.396. The zero-order valence-corrected chi connectivity index (χ0v) is 8.21. The molecule has 0 amide bonds. The van der Waals surface area contributed by atoms with E-state index in [9.17, 15) is 0 Å². The Bertz CT molecular complexity index is 155. The van der Waals surface area contributed by atoms with E-state index in [0.29, 0.717) is 12.1 Å². The lowest BCUT2D eigenvalue weighted by Crippen LogP contribution is -2.28. The van der Waals surface area contributed by atoms with Crippen molar-refractivity contribution in [3.63, 3.8) is 0 Å². The molecule has 0 aromatic carbocycles. The van der Waals surface area contributed by atoms with E-state index in [1.165, 1.54) is 18.6 Å². The molecule has 0 heterocycles. The highest BCUT2D eigenvalue weighted by Crippen LogP contribution is 2.20. The number of hydrogen-bond donors (Lipinski definition) is 1. The van der Waals surface area contributed by atoms with Gasteiger partial charge in [0.05, 0.1) is 0 Å². The fourth-order valence-electron chi connectivity index (χ4n) is 1.63. The van der Waals surface area contributed by atoms with Crippen LogP contribution in [0.5, 0.6) is 0 Å². The lowest BCUT2D eigenvalue weighted by Gasteiger charge is -2.23. The summed E-state index contributed by atoms with van der Waals surface area (Å²) in [7, 11) is 0. The van der Waals surface area contributed by atoms with Crippen molar-refractivity contribution in [2.24, 2.45) is 10.7 Å². The Morgan fingerprint density at radius 2 is 1.92 bits per heavy atom. The molecule has 1 rings (SSSR count). The van der Waals surface area contributed by atoms with Crippen molar-refractivity contribution in [3.8, 4) is 0 Å². The van der Waals surface area contributed by atoms with Crippen molar-refractivity contribution in [3.05, 3.63) is 0 Å². The smallest absolute Gasteiger partial charge is 0.0500 e. The van der Waals surface area contributed by atoms with Gasteiger partial charge in [-0.2, -0.15) is 0 Å². The molecule has 1 aliphatic carbocycles. The molecular weight excluding hydrogens is 148 g/mol. The van der Waals surface area contributed by atoms with E-state index >= 15 is 0 Å². The standard InChI is InChI=1S/C10H20N2/c1-3-8(2)12-10-6-4-9(11)5-7-10/h9-10H,3-7,11H2,1-2H3. The Labute approximate surface area is 75.3 Å². The lowest BCUT2D eigenvalue weighted by atomic mass is 9.92. The van der Waals surface area contributed by atoms with E-state index in [1.54, 1.807) is 0 Å². The molecule has 0 bridgehead atoms. The maximum Gasteiger partial charge on any atom is 0.0500 e. The van der Waals surface area contributed by atoms with Crippen molar-refractivity contribution >= 4 is 5.71 Å². The van der Waals surface area contributed by atoms with Crippen molar-refractivity contribution in [1.82, 2.24) is 0 Å². The van der Waals surface area contributed by atoms with E-state index in [4.69, 9.17) is 5.73 Å². The van der Waals surface area contributed by atoms with Gasteiger partial charge in [-0.05, 0) is 39.0 Å². The Morgan fingerprint density at radius 1 is 1.33 bits per heavy atom. The summed E-state index contributed by atoms with van der Waals surface area (Å²) in [6, 6.07) is 1.02. The molecule has 1 aliphatic rings. The largest absolute Gasteiger partial charge is 0.328 e. The molecule has 1 saturated carbocycles. The van der Waals surface area contributed by atoms with Gasteiger partial charge in [0.2, 0.25) is 0 Å². The number of nitrogens with zero attached hydrogens (tertiary/aromatic N) is 1. The SMILES string of the molecule is CCC(C)=NC1CCC(N)CC1. The number of nitrogens with two attached hydrogens (primary N) is 1. The Kier molecular flexibility index (Phi) is 3.73. The highest BCUT2D eigenvalue weighted by molar-refractivity contribution is 5.81. The van der Waals surface area contributed by atoms with Gasteiger partial charge in [-0.1, -0.05) is 6.92 Å².